The van der Waals surface area contributed by atoms with Crippen molar-refractivity contribution in [2.24, 2.45) is 5.73 Å². The normalized spacial score (nSPS) is 11.9. The molecule has 1 unspecified atom stereocenters. The van der Waals surface area contributed by atoms with E-state index in [1.807, 2.05) is 62.4 Å². The van der Waals surface area contributed by atoms with Gasteiger partial charge in [-0.25, -0.2) is 0 Å². The molecule has 1 atom stereocenters. The Bertz CT molecular complexity index is 605. The summed E-state index contributed by atoms with van der Waals surface area (Å²) in [6.07, 6.45) is 0.832. The molecule has 0 fully saturated rings. The Morgan fingerprint density at radius 1 is 1.15 bits per heavy atom. The van der Waals surface area contributed by atoms with E-state index in [9.17, 15) is 4.79 Å². The van der Waals surface area contributed by atoms with E-state index in [1.165, 1.54) is 0 Å². The summed E-state index contributed by atoms with van der Waals surface area (Å²) < 4.78 is 0. The smallest absolute Gasteiger partial charge is 0.255 e. The van der Waals surface area contributed by atoms with Crippen LogP contribution in [0, 0.1) is 0 Å². The average Bonchev–Trinajstić information content (AvgIpc) is 2.47. The molecule has 0 aliphatic rings. The Balaban J connectivity index is 2.28. The quantitative estimate of drug-likeness (QED) is 0.891. The molecule has 0 saturated carbocycles. The molecule has 3 heteroatoms. The molecule has 0 radical (unpaired) electrons. The minimum absolute atomic E-state index is 0.0875. The van der Waals surface area contributed by atoms with Crippen molar-refractivity contribution in [1.82, 2.24) is 0 Å². The topological polar surface area (TPSA) is 55.1 Å². The molecule has 0 aliphatic carbocycles. The van der Waals surface area contributed by atoms with Gasteiger partial charge in [-0.15, -0.1) is 0 Å². The molecule has 0 aromatic heterocycles. The van der Waals surface area contributed by atoms with Gasteiger partial charge in [0.1, 0.15) is 0 Å². The highest BCUT2D eigenvalue weighted by molar-refractivity contribution is 6.05. The van der Waals surface area contributed by atoms with Gasteiger partial charge in [-0.2, -0.15) is 0 Å². The number of carbonyl (C=O) groups excluding carboxylic acids is 1. The first kappa shape index (κ1) is 14.3. The Hall–Kier alpha value is -2.13. The van der Waals surface area contributed by atoms with Crippen molar-refractivity contribution in [1.29, 1.82) is 0 Å². The van der Waals surface area contributed by atoms with Gasteiger partial charge in [-0.3, -0.25) is 4.79 Å². The molecule has 2 aromatic rings. The fourth-order valence-electron chi connectivity index (χ4n) is 2.25. The first-order valence-electron chi connectivity index (χ1n) is 6.87. The molecule has 2 aromatic carbocycles. The second-order valence-corrected chi connectivity index (χ2v) is 4.84. The third kappa shape index (κ3) is 3.06. The number of aryl methyl sites for hydroxylation is 1. The fourth-order valence-corrected chi connectivity index (χ4v) is 2.25. The lowest BCUT2D eigenvalue weighted by atomic mass is 10.0. The van der Waals surface area contributed by atoms with Crippen molar-refractivity contribution in [2.75, 3.05) is 5.32 Å². The maximum atomic E-state index is 12.4. The number of anilines is 1. The Morgan fingerprint density at radius 3 is 2.50 bits per heavy atom. The summed E-state index contributed by atoms with van der Waals surface area (Å²) in [4.78, 5) is 12.4. The minimum atomic E-state index is -0.118. The zero-order valence-electron chi connectivity index (χ0n) is 11.9. The molecular weight excluding hydrogens is 248 g/mol. The lowest BCUT2D eigenvalue weighted by Crippen LogP contribution is -2.17. The van der Waals surface area contributed by atoms with Gasteiger partial charge < -0.3 is 11.1 Å². The summed E-state index contributed by atoms with van der Waals surface area (Å²) in [7, 11) is 0. The van der Waals surface area contributed by atoms with E-state index in [0.717, 1.165) is 28.8 Å². The Labute approximate surface area is 119 Å². The summed E-state index contributed by atoms with van der Waals surface area (Å²) in [5.41, 5.74) is 9.41. The predicted molar refractivity (Wildman–Crippen MR) is 82.8 cm³/mol. The molecule has 104 valence electrons. The summed E-state index contributed by atoms with van der Waals surface area (Å²) in [6, 6.07) is 15.2. The first-order chi connectivity index (χ1) is 9.63. The summed E-state index contributed by atoms with van der Waals surface area (Å²) in [5, 5.41) is 2.96. The van der Waals surface area contributed by atoms with Crippen LogP contribution in [0.4, 0.5) is 5.69 Å². The molecule has 0 aliphatic heterocycles. The first-order valence-corrected chi connectivity index (χ1v) is 6.87. The summed E-state index contributed by atoms with van der Waals surface area (Å²) >= 11 is 0. The largest absolute Gasteiger partial charge is 0.324 e. The highest BCUT2D eigenvalue weighted by atomic mass is 16.1. The van der Waals surface area contributed by atoms with Crippen LogP contribution in [0.5, 0.6) is 0 Å². The van der Waals surface area contributed by atoms with Gasteiger partial charge in [0, 0.05) is 17.3 Å². The van der Waals surface area contributed by atoms with E-state index in [0.29, 0.717) is 0 Å². The van der Waals surface area contributed by atoms with E-state index in [1.54, 1.807) is 0 Å². The van der Waals surface area contributed by atoms with E-state index in [4.69, 9.17) is 5.73 Å². The number of benzene rings is 2. The fraction of sp³-hybridized carbons (Fsp3) is 0.235. The maximum Gasteiger partial charge on any atom is 0.255 e. The lowest BCUT2D eigenvalue weighted by molar-refractivity contribution is 0.102. The van der Waals surface area contributed by atoms with E-state index in [2.05, 4.69) is 5.32 Å². The molecule has 3 nitrogen and oxygen atoms in total. The van der Waals surface area contributed by atoms with Gasteiger partial charge in [0.15, 0.2) is 0 Å². The van der Waals surface area contributed by atoms with Crippen molar-refractivity contribution in [3.05, 3.63) is 65.2 Å². The van der Waals surface area contributed by atoms with Crippen LogP contribution in [0.15, 0.2) is 48.5 Å². The van der Waals surface area contributed by atoms with E-state index < -0.39 is 0 Å². The van der Waals surface area contributed by atoms with Gasteiger partial charge in [0.2, 0.25) is 0 Å². The molecular formula is C17H20N2O. The van der Waals surface area contributed by atoms with Crippen LogP contribution in [-0.4, -0.2) is 5.91 Å². The Morgan fingerprint density at radius 2 is 1.80 bits per heavy atom. The van der Waals surface area contributed by atoms with Crippen LogP contribution >= 0.6 is 0 Å². The van der Waals surface area contributed by atoms with Crippen LogP contribution in [0.25, 0.3) is 0 Å². The third-order valence-electron chi connectivity index (χ3n) is 3.34. The van der Waals surface area contributed by atoms with Gasteiger partial charge >= 0.3 is 0 Å². The summed E-state index contributed by atoms with van der Waals surface area (Å²) in [6.45, 7) is 3.95. The van der Waals surface area contributed by atoms with Crippen LogP contribution in [-0.2, 0) is 6.42 Å². The van der Waals surface area contributed by atoms with Crippen LogP contribution in [0.3, 0.4) is 0 Å². The number of nitrogens with one attached hydrogen (secondary N) is 1. The average molecular weight is 268 g/mol. The number of para-hydroxylation sites is 1. The van der Waals surface area contributed by atoms with E-state index in [-0.39, 0.29) is 11.9 Å². The maximum absolute atomic E-state index is 12.4. The van der Waals surface area contributed by atoms with Gasteiger partial charge in [-0.05, 0) is 36.6 Å². The predicted octanol–water partition coefficient (Wildman–Crippen LogP) is 3.52. The monoisotopic (exact) mass is 268 g/mol. The van der Waals surface area contributed by atoms with Crippen molar-refractivity contribution >= 4 is 11.6 Å². The molecule has 0 bridgehead atoms. The minimum Gasteiger partial charge on any atom is -0.324 e. The highest BCUT2D eigenvalue weighted by Crippen LogP contribution is 2.22. The highest BCUT2D eigenvalue weighted by Gasteiger charge is 2.13. The number of amides is 1. The zero-order valence-corrected chi connectivity index (χ0v) is 11.9. The standard InChI is InChI=1S/C17H20N2O/c1-3-13-8-4-5-10-15(13)17(20)19-16-11-7-6-9-14(16)12(2)18/h4-12H,3,18H2,1-2H3,(H,19,20). The molecule has 1 amide bonds. The Kier molecular flexibility index (Phi) is 4.53. The number of rotatable bonds is 4. The molecule has 0 saturated heterocycles. The number of hydrogen-bond donors (Lipinski definition) is 2. The summed E-state index contributed by atoms with van der Waals surface area (Å²) in [5.74, 6) is -0.0875. The van der Waals surface area contributed by atoms with Gasteiger partial charge in [0.25, 0.3) is 5.91 Å². The molecule has 0 heterocycles. The number of hydrogen-bond acceptors (Lipinski definition) is 2. The van der Waals surface area contributed by atoms with Crippen molar-refractivity contribution in [3.63, 3.8) is 0 Å². The SMILES string of the molecule is CCc1ccccc1C(=O)Nc1ccccc1C(C)N. The lowest BCUT2D eigenvalue weighted by Gasteiger charge is -2.14. The van der Waals surface area contributed by atoms with E-state index >= 15 is 0 Å². The van der Waals surface area contributed by atoms with Crippen LogP contribution in [0.2, 0.25) is 0 Å². The van der Waals surface area contributed by atoms with Crippen molar-refractivity contribution in [2.45, 2.75) is 26.3 Å². The third-order valence-corrected chi connectivity index (χ3v) is 3.34. The zero-order chi connectivity index (χ0) is 14.5. The molecule has 0 spiro atoms. The number of carbonyl (C=O) groups is 1. The molecule has 20 heavy (non-hydrogen) atoms. The van der Waals surface area contributed by atoms with Gasteiger partial charge in [0.05, 0.1) is 0 Å². The van der Waals surface area contributed by atoms with Crippen LogP contribution in [0.1, 0.15) is 41.4 Å². The van der Waals surface area contributed by atoms with Gasteiger partial charge in [-0.1, -0.05) is 43.3 Å². The second-order valence-electron chi connectivity index (χ2n) is 4.84. The van der Waals surface area contributed by atoms with Crippen LogP contribution < -0.4 is 11.1 Å². The molecule has 3 N–H and O–H groups in total. The molecule has 2 rings (SSSR count). The number of nitrogens with two attached hydrogens (primary N) is 1. The van der Waals surface area contributed by atoms with Crippen molar-refractivity contribution < 1.29 is 4.79 Å². The second kappa shape index (κ2) is 6.35. The van der Waals surface area contributed by atoms with Crippen molar-refractivity contribution in [3.8, 4) is 0 Å².